The number of nitro benzene ring substituents is 1. The van der Waals surface area contributed by atoms with Crippen LogP contribution in [0.4, 0.5) is 11.4 Å². The second kappa shape index (κ2) is 6.44. The average molecular weight is 278 g/mol. The number of carbonyl (C=O) groups is 1. The van der Waals surface area contributed by atoms with Crippen molar-refractivity contribution in [2.45, 2.75) is 12.5 Å². The van der Waals surface area contributed by atoms with E-state index in [2.05, 4.69) is 10.6 Å². The summed E-state index contributed by atoms with van der Waals surface area (Å²) < 4.78 is 0. The van der Waals surface area contributed by atoms with Crippen molar-refractivity contribution in [3.05, 3.63) is 34.4 Å². The van der Waals surface area contributed by atoms with Crippen LogP contribution in [0.2, 0.25) is 0 Å². The Bertz CT molecular complexity index is 506. The minimum atomic E-state index is -0.498. The van der Waals surface area contributed by atoms with Crippen LogP contribution < -0.4 is 10.6 Å². The Labute approximate surface area is 117 Å². The second-order valence-electron chi connectivity index (χ2n) is 4.83. The maximum Gasteiger partial charge on any atom is 0.292 e. The fourth-order valence-corrected chi connectivity index (χ4v) is 2.34. The van der Waals surface area contributed by atoms with Gasteiger partial charge in [0.15, 0.2) is 0 Å². The number of likely N-dealkylation sites (N-methyl/N-ethyl adjacent to an activating group) is 1. The maximum atomic E-state index is 11.9. The molecule has 1 heterocycles. The zero-order chi connectivity index (χ0) is 14.5. The van der Waals surface area contributed by atoms with E-state index in [4.69, 9.17) is 0 Å². The number of anilines is 1. The van der Waals surface area contributed by atoms with Gasteiger partial charge in [-0.15, -0.1) is 0 Å². The molecule has 2 N–H and O–H groups in total. The normalized spacial score (nSPS) is 18.9. The van der Waals surface area contributed by atoms with E-state index < -0.39 is 4.92 Å². The first kappa shape index (κ1) is 14.4. The Hall–Kier alpha value is -1.99. The summed E-state index contributed by atoms with van der Waals surface area (Å²) in [4.78, 5) is 24.3. The number of amides is 1. The van der Waals surface area contributed by atoms with Gasteiger partial charge in [0.1, 0.15) is 5.69 Å². The minimum Gasteiger partial charge on any atom is -0.319 e. The number of nitrogens with zero attached hydrogens (tertiary/aromatic N) is 2. The molecule has 2 rings (SSSR count). The summed E-state index contributed by atoms with van der Waals surface area (Å²) in [5.74, 6) is -0.226. The number of nitrogens with one attached hydrogen (secondary N) is 2. The first-order valence-electron chi connectivity index (χ1n) is 6.53. The van der Waals surface area contributed by atoms with Crippen LogP contribution in [-0.4, -0.2) is 48.5 Å². The molecule has 0 spiro atoms. The van der Waals surface area contributed by atoms with Gasteiger partial charge in [0.25, 0.3) is 5.69 Å². The molecule has 1 fully saturated rings. The lowest BCUT2D eigenvalue weighted by molar-refractivity contribution is -0.383. The Morgan fingerprint density at radius 2 is 2.25 bits per heavy atom. The topological polar surface area (TPSA) is 87.5 Å². The van der Waals surface area contributed by atoms with E-state index in [-0.39, 0.29) is 23.8 Å². The van der Waals surface area contributed by atoms with Gasteiger partial charge in [-0.3, -0.25) is 19.8 Å². The second-order valence-corrected chi connectivity index (χ2v) is 4.83. The lowest BCUT2D eigenvalue weighted by atomic mass is 10.2. The van der Waals surface area contributed by atoms with Crippen molar-refractivity contribution < 1.29 is 9.72 Å². The highest BCUT2D eigenvalue weighted by Crippen LogP contribution is 2.23. The summed E-state index contributed by atoms with van der Waals surface area (Å²) >= 11 is 0. The highest BCUT2D eigenvalue weighted by molar-refractivity contribution is 5.94. The van der Waals surface area contributed by atoms with Crippen LogP contribution >= 0.6 is 0 Å². The molecule has 1 atom stereocenters. The maximum absolute atomic E-state index is 11.9. The summed E-state index contributed by atoms with van der Waals surface area (Å²) in [6.45, 7) is 1.93. The van der Waals surface area contributed by atoms with Crippen molar-refractivity contribution in [3.8, 4) is 0 Å². The van der Waals surface area contributed by atoms with Gasteiger partial charge < -0.3 is 10.6 Å². The molecule has 0 aromatic heterocycles. The number of nitro groups is 1. The number of hydrogen-bond acceptors (Lipinski definition) is 5. The highest BCUT2D eigenvalue weighted by atomic mass is 16.6. The standard InChI is InChI=1S/C13H18N4O3/c1-14-10-6-7-16(8-10)9-13(18)15-11-4-2-3-5-12(11)17(19)20/h2-5,10,14H,6-9H2,1H3,(H,15,18). The van der Waals surface area contributed by atoms with Gasteiger partial charge in [-0.25, -0.2) is 0 Å². The summed E-state index contributed by atoms with van der Waals surface area (Å²) in [5.41, 5.74) is 0.155. The van der Waals surface area contributed by atoms with Gasteiger partial charge in [-0.05, 0) is 19.5 Å². The monoisotopic (exact) mass is 278 g/mol. The van der Waals surface area contributed by atoms with Gasteiger partial charge in [-0.2, -0.15) is 0 Å². The minimum absolute atomic E-state index is 0.0876. The molecule has 108 valence electrons. The molecule has 7 heteroatoms. The third kappa shape index (κ3) is 3.52. The Balaban J connectivity index is 1.94. The Kier molecular flexibility index (Phi) is 4.65. The van der Waals surface area contributed by atoms with Crippen LogP contribution in [0.25, 0.3) is 0 Å². The van der Waals surface area contributed by atoms with Crippen molar-refractivity contribution in [2.75, 3.05) is 32.0 Å². The molecule has 1 aliphatic rings. The van der Waals surface area contributed by atoms with Crippen LogP contribution in [0.1, 0.15) is 6.42 Å². The molecule has 1 amide bonds. The largest absolute Gasteiger partial charge is 0.319 e. The fraction of sp³-hybridized carbons (Fsp3) is 0.462. The van der Waals surface area contributed by atoms with Gasteiger partial charge in [0.05, 0.1) is 11.5 Å². The zero-order valence-electron chi connectivity index (χ0n) is 11.3. The lowest BCUT2D eigenvalue weighted by Crippen LogP contribution is -2.34. The predicted molar refractivity (Wildman–Crippen MR) is 75.6 cm³/mol. The lowest BCUT2D eigenvalue weighted by Gasteiger charge is -2.15. The van der Waals surface area contributed by atoms with Crippen molar-refractivity contribution in [3.63, 3.8) is 0 Å². The Morgan fingerprint density at radius 3 is 2.90 bits per heavy atom. The van der Waals surface area contributed by atoms with Gasteiger partial charge in [-0.1, -0.05) is 12.1 Å². The summed E-state index contributed by atoms with van der Waals surface area (Å²) in [6, 6.07) is 6.56. The van der Waals surface area contributed by atoms with Gasteiger partial charge >= 0.3 is 0 Å². The number of benzene rings is 1. The van der Waals surface area contributed by atoms with Gasteiger partial charge in [0.2, 0.25) is 5.91 Å². The molecule has 0 saturated carbocycles. The molecule has 0 bridgehead atoms. The SMILES string of the molecule is CNC1CCN(CC(=O)Nc2ccccc2[N+](=O)[O-])C1. The molecule has 1 aromatic rings. The number of likely N-dealkylation sites (tertiary alicyclic amines) is 1. The van der Waals surface area contributed by atoms with E-state index in [0.717, 1.165) is 19.5 Å². The van der Waals surface area contributed by atoms with Gasteiger partial charge in [0, 0.05) is 25.2 Å². The zero-order valence-corrected chi connectivity index (χ0v) is 11.3. The van der Waals surface area contributed by atoms with E-state index in [1.54, 1.807) is 12.1 Å². The third-order valence-corrected chi connectivity index (χ3v) is 3.42. The van der Waals surface area contributed by atoms with Crippen LogP contribution in [-0.2, 0) is 4.79 Å². The predicted octanol–water partition coefficient (Wildman–Crippen LogP) is 0.827. The number of para-hydroxylation sites is 2. The van der Waals surface area contributed by atoms with Crippen molar-refractivity contribution in [1.29, 1.82) is 0 Å². The molecule has 1 aromatic carbocycles. The molecule has 1 unspecified atom stereocenters. The summed E-state index contributed by atoms with van der Waals surface area (Å²) in [5, 5.41) is 16.7. The third-order valence-electron chi connectivity index (χ3n) is 3.42. The molecule has 0 aliphatic carbocycles. The molecule has 7 nitrogen and oxygen atoms in total. The first-order valence-corrected chi connectivity index (χ1v) is 6.53. The number of hydrogen-bond donors (Lipinski definition) is 2. The number of carbonyl (C=O) groups excluding carboxylic acids is 1. The smallest absolute Gasteiger partial charge is 0.292 e. The quantitative estimate of drug-likeness (QED) is 0.615. The molecule has 20 heavy (non-hydrogen) atoms. The first-order chi connectivity index (χ1) is 9.60. The van der Waals surface area contributed by atoms with E-state index in [0.29, 0.717) is 6.04 Å². The fourth-order valence-electron chi connectivity index (χ4n) is 2.34. The molecular formula is C13H18N4O3. The van der Waals surface area contributed by atoms with E-state index >= 15 is 0 Å². The molecule has 1 aliphatic heterocycles. The molecular weight excluding hydrogens is 260 g/mol. The van der Waals surface area contributed by atoms with E-state index in [1.807, 2.05) is 11.9 Å². The van der Waals surface area contributed by atoms with Crippen LogP contribution in [0.5, 0.6) is 0 Å². The van der Waals surface area contributed by atoms with Crippen LogP contribution in [0, 0.1) is 10.1 Å². The molecule has 1 saturated heterocycles. The summed E-state index contributed by atoms with van der Waals surface area (Å²) in [7, 11) is 1.90. The highest BCUT2D eigenvalue weighted by Gasteiger charge is 2.23. The van der Waals surface area contributed by atoms with E-state index in [9.17, 15) is 14.9 Å². The van der Waals surface area contributed by atoms with Crippen LogP contribution in [0.3, 0.4) is 0 Å². The van der Waals surface area contributed by atoms with Crippen molar-refractivity contribution in [1.82, 2.24) is 10.2 Å². The number of rotatable bonds is 5. The van der Waals surface area contributed by atoms with Crippen molar-refractivity contribution >= 4 is 17.3 Å². The van der Waals surface area contributed by atoms with Crippen molar-refractivity contribution in [2.24, 2.45) is 0 Å². The Morgan fingerprint density at radius 1 is 1.50 bits per heavy atom. The average Bonchev–Trinajstić information content (AvgIpc) is 2.86. The summed E-state index contributed by atoms with van der Waals surface area (Å²) in [6.07, 6.45) is 1.01. The molecule has 0 radical (unpaired) electrons. The van der Waals surface area contributed by atoms with Crippen LogP contribution in [0.15, 0.2) is 24.3 Å². The van der Waals surface area contributed by atoms with E-state index in [1.165, 1.54) is 12.1 Å².